The maximum absolute atomic E-state index is 3.61. The fourth-order valence-corrected chi connectivity index (χ4v) is 2.64. The molecule has 0 aromatic heterocycles. The maximum atomic E-state index is 3.61. The highest BCUT2D eigenvalue weighted by atomic mass is 14.9. The summed E-state index contributed by atoms with van der Waals surface area (Å²) in [4.78, 5) is 0. The second kappa shape index (κ2) is 7.58. The Hall–Kier alpha value is -0.820. The lowest BCUT2D eigenvalue weighted by atomic mass is 9.82. The molecule has 0 bridgehead atoms. The van der Waals surface area contributed by atoms with Crippen LogP contribution in [0.4, 0.5) is 0 Å². The van der Waals surface area contributed by atoms with E-state index in [1.165, 1.54) is 24.0 Å². The Morgan fingerprint density at radius 2 is 1.78 bits per heavy atom. The van der Waals surface area contributed by atoms with Gasteiger partial charge in [0, 0.05) is 12.6 Å². The van der Waals surface area contributed by atoms with Crippen molar-refractivity contribution in [3.8, 4) is 0 Å². The molecule has 0 aliphatic carbocycles. The second-order valence-corrected chi connectivity index (χ2v) is 5.79. The molecule has 0 heterocycles. The SMILES string of the molecule is CCCC(C)C(CNC(C)C)c1ccccc1C. The van der Waals surface area contributed by atoms with Gasteiger partial charge in [0.25, 0.3) is 0 Å². The Morgan fingerprint density at radius 3 is 2.33 bits per heavy atom. The summed E-state index contributed by atoms with van der Waals surface area (Å²) in [6.45, 7) is 12.4. The van der Waals surface area contributed by atoms with Crippen molar-refractivity contribution < 1.29 is 0 Å². The van der Waals surface area contributed by atoms with Crippen LogP contribution in [-0.4, -0.2) is 12.6 Å². The standard InChI is InChI=1S/C17H29N/c1-6-9-14(4)17(12-18-13(2)3)16-11-8-7-10-15(16)5/h7-8,10-11,13-14,17-18H,6,9,12H2,1-5H3. The van der Waals surface area contributed by atoms with Crippen LogP contribution in [0.15, 0.2) is 24.3 Å². The average molecular weight is 247 g/mol. The fourth-order valence-electron chi connectivity index (χ4n) is 2.64. The van der Waals surface area contributed by atoms with Gasteiger partial charge in [-0.25, -0.2) is 0 Å². The average Bonchev–Trinajstić information content (AvgIpc) is 2.31. The van der Waals surface area contributed by atoms with Gasteiger partial charge in [0.05, 0.1) is 0 Å². The van der Waals surface area contributed by atoms with Gasteiger partial charge in [0.1, 0.15) is 0 Å². The largest absolute Gasteiger partial charge is 0.314 e. The highest BCUT2D eigenvalue weighted by Crippen LogP contribution is 2.29. The molecule has 1 aromatic rings. The Balaban J connectivity index is 2.86. The van der Waals surface area contributed by atoms with E-state index in [9.17, 15) is 0 Å². The lowest BCUT2D eigenvalue weighted by molar-refractivity contribution is 0.391. The summed E-state index contributed by atoms with van der Waals surface area (Å²) in [6.07, 6.45) is 2.57. The molecular formula is C17H29N. The predicted molar refractivity (Wildman–Crippen MR) is 81.1 cm³/mol. The first-order valence-electron chi connectivity index (χ1n) is 7.35. The molecule has 102 valence electrons. The summed E-state index contributed by atoms with van der Waals surface area (Å²) >= 11 is 0. The highest BCUT2D eigenvalue weighted by molar-refractivity contribution is 5.30. The van der Waals surface area contributed by atoms with Crippen molar-refractivity contribution >= 4 is 0 Å². The summed E-state index contributed by atoms with van der Waals surface area (Å²) < 4.78 is 0. The van der Waals surface area contributed by atoms with Gasteiger partial charge in [0.15, 0.2) is 0 Å². The van der Waals surface area contributed by atoms with Gasteiger partial charge in [-0.15, -0.1) is 0 Å². The van der Waals surface area contributed by atoms with E-state index in [0.29, 0.717) is 12.0 Å². The summed E-state index contributed by atoms with van der Waals surface area (Å²) in [6, 6.07) is 9.40. The molecule has 1 rings (SSSR count). The molecule has 0 radical (unpaired) electrons. The number of aryl methyl sites for hydroxylation is 1. The van der Waals surface area contributed by atoms with Crippen molar-refractivity contribution in [2.75, 3.05) is 6.54 Å². The van der Waals surface area contributed by atoms with E-state index >= 15 is 0 Å². The predicted octanol–water partition coefficient (Wildman–Crippen LogP) is 4.51. The molecule has 0 spiro atoms. The molecule has 0 saturated heterocycles. The maximum Gasteiger partial charge on any atom is 0.00251 e. The van der Waals surface area contributed by atoms with Crippen LogP contribution in [0.1, 0.15) is 57.6 Å². The minimum Gasteiger partial charge on any atom is -0.314 e. The Morgan fingerprint density at radius 1 is 1.11 bits per heavy atom. The summed E-state index contributed by atoms with van der Waals surface area (Å²) in [5.74, 6) is 1.37. The van der Waals surface area contributed by atoms with Crippen LogP contribution in [0.5, 0.6) is 0 Å². The van der Waals surface area contributed by atoms with Gasteiger partial charge in [-0.05, 0) is 29.9 Å². The topological polar surface area (TPSA) is 12.0 Å². The molecule has 1 N–H and O–H groups in total. The molecule has 2 unspecified atom stereocenters. The fraction of sp³-hybridized carbons (Fsp3) is 0.647. The van der Waals surface area contributed by atoms with Crippen molar-refractivity contribution in [1.82, 2.24) is 5.32 Å². The smallest absolute Gasteiger partial charge is 0.00251 e. The summed E-state index contributed by atoms with van der Waals surface area (Å²) in [5, 5.41) is 3.61. The number of benzene rings is 1. The minimum atomic E-state index is 0.561. The van der Waals surface area contributed by atoms with Crippen molar-refractivity contribution in [3.63, 3.8) is 0 Å². The molecule has 1 aromatic carbocycles. The van der Waals surface area contributed by atoms with Gasteiger partial charge in [-0.3, -0.25) is 0 Å². The molecule has 1 nitrogen and oxygen atoms in total. The number of hydrogen-bond acceptors (Lipinski definition) is 1. The van der Waals surface area contributed by atoms with Gasteiger partial charge in [-0.1, -0.05) is 64.8 Å². The Kier molecular flexibility index (Phi) is 6.42. The van der Waals surface area contributed by atoms with E-state index in [1.807, 2.05) is 0 Å². The van der Waals surface area contributed by atoms with E-state index in [1.54, 1.807) is 0 Å². The Bertz CT molecular complexity index is 343. The number of hydrogen-bond donors (Lipinski definition) is 1. The molecule has 1 heteroatoms. The van der Waals surface area contributed by atoms with Gasteiger partial charge >= 0.3 is 0 Å². The van der Waals surface area contributed by atoms with Gasteiger partial charge in [0.2, 0.25) is 0 Å². The molecule has 18 heavy (non-hydrogen) atoms. The summed E-state index contributed by atoms with van der Waals surface area (Å²) in [7, 11) is 0. The first-order valence-corrected chi connectivity index (χ1v) is 7.35. The molecule has 0 fully saturated rings. The van der Waals surface area contributed by atoms with Crippen LogP contribution in [-0.2, 0) is 0 Å². The van der Waals surface area contributed by atoms with Crippen LogP contribution < -0.4 is 5.32 Å². The molecule has 2 atom stereocenters. The lowest BCUT2D eigenvalue weighted by Crippen LogP contribution is -2.31. The highest BCUT2D eigenvalue weighted by Gasteiger charge is 2.20. The van der Waals surface area contributed by atoms with Crippen LogP contribution in [0.2, 0.25) is 0 Å². The van der Waals surface area contributed by atoms with E-state index in [2.05, 4.69) is 64.2 Å². The van der Waals surface area contributed by atoms with Crippen molar-refractivity contribution in [3.05, 3.63) is 35.4 Å². The second-order valence-electron chi connectivity index (χ2n) is 5.79. The normalized spacial score (nSPS) is 14.8. The van der Waals surface area contributed by atoms with E-state index in [4.69, 9.17) is 0 Å². The van der Waals surface area contributed by atoms with E-state index in [-0.39, 0.29) is 0 Å². The van der Waals surface area contributed by atoms with Crippen LogP contribution >= 0.6 is 0 Å². The quantitative estimate of drug-likeness (QED) is 0.747. The minimum absolute atomic E-state index is 0.561. The molecule has 0 amide bonds. The molecule has 0 aliphatic heterocycles. The zero-order valence-electron chi connectivity index (χ0n) is 12.7. The van der Waals surface area contributed by atoms with Gasteiger partial charge < -0.3 is 5.32 Å². The van der Waals surface area contributed by atoms with Gasteiger partial charge in [-0.2, -0.15) is 0 Å². The van der Waals surface area contributed by atoms with Crippen LogP contribution in [0.25, 0.3) is 0 Å². The molecule has 0 saturated carbocycles. The Labute approximate surface area is 113 Å². The van der Waals surface area contributed by atoms with Crippen molar-refractivity contribution in [2.45, 2.75) is 59.4 Å². The van der Waals surface area contributed by atoms with Crippen molar-refractivity contribution in [1.29, 1.82) is 0 Å². The number of rotatable bonds is 7. The third-order valence-electron chi connectivity index (χ3n) is 3.76. The third-order valence-corrected chi connectivity index (χ3v) is 3.76. The lowest BCUT2D eigenvalue weighted by Gasteiger charge is -2.27. The number of nitrogens with one attached hydrogen (secondary N) is 1. The first-order chi connectivity index (χ1) is 8.56. The first kappa shape index (κ1) is 15.2. The van der Waals surface area contributed by atoms with E-state index < -0.39 is 0 Å². The van der Waals surface area contributed by atoms with Crippen LogP contribution in [0.3, 0.4) is 0 Å². The van der Waals surface area contributed by atoms with E-state index in [0.717, 1.165) is 12.5 Å². The summed E-state index contributed by atoms with van der Waals surface area (Å²) in [5.41, 5.74) is 2.95. The zero-order valence-corrected chi connectivity index (χ0v) is 12.7. The van der Waals surface area contributed by atoms with Crippen molar-refractivity contribution in [2.24, 2.45) is 5.92 Å². The monoisotopic (exact) mass is 247 g/mol. The molecular weight excluding hydrogens is 218 g/mol. The zero-order chi connectivity index (χ0) is 13.5. The third kappa shape index (κ3) is 4.45. The molecule has 0 aliphatic rings. The van der Waals surface area contributed by atoms with Crippen LogP contribution in [0, 0.1) is 12.8 Å².